The fraction of sp³-hybridized carbons (Fsp3) is 0.889. The van der Waals surface area contributed by atoms with Gasteiger partial charge in [-0.05, 0) is 6.42 Å². The molecule has 1 heterocycles. The summed E-state index contributed by atoms with van der Waals surface area (Å²) in [4.78, 5) is 0. The monoisotopic (exact) mass is 175 g/mol. The van der Waals surface area contributed by atoms with Crippen LogP contribution in [0.3, 0.4) is 0 Å². The van der Waals surface area contributed by atoms with Gasteiger partial charge in [0.2, 0.25) is 0 Å². The lowest BCUT2D eigenvalue weighted by molar-refractivity contribution is -0.586. The Morgan fingerprint density at radius 1 is 1.45 bits per heavy atom. The lowest BCUT2D eigenvalue weighted by Crippen LogP contribution is -3.00. The number of halogens is 1. The average molecular weight is 176 g/mol. The summed E-state index contributed by atoms with van der Waals surface area (Å²) in [5.74, 6) is 0.822. The quantitative estimate of drug-likeness (QED) is 0.412. The normalized spacial score (nSPS) is 28.7. The van der Waals surface area contributed by atoms with Gasteiger partial charge in [0, 0.05) is 26.2 Å². The third-order valence-electron chi connectivity index (χ3n) is 3.12. The van der Waals surface area contributed by atoms with Crippen molar-refractivity contribution in [2.45, 2.75) is 39.2 Å². The first-order chi connectivity index (χ1) is 4.55. The van der Waals surface area contributed by atoms with E-state index in [-0.39, 0.29) is 12.4 Å². The molecule has 0 aromatic carbocycles. The first-order valence-corrected chi connectivity index (χ1v) is 4.11. The molecule has 2 heteroatoms. The zero-order valence-corrected chi connectivity index (χ0v) is 8.65. The molecule has 11 heavy (non-hydrogen) atoms. The minimum Gasteiger partial charge on any atom is -1.00 e. The van der Waals surface area contributed by atoms with Crippen LogP contribution >= 0.6 is 0 Å². The van der Waals surface area contributed by atoms with Crippen molar-refractivity contribution in [3.63, 3.8) is 0 Å². The van der Waals surface area contributed by atoms with Crippen LogP contribution in [0.25, 0.3) is 0 Å². The Kier molecular flexibility index (Phi) is 3.56. The highest BCUT2D eigenvalue weighted by atomic mass is 35.5. The SMILES string of the molecule is CC1CCC=[N+](C)C1(C)C.[Cl-]. The maximum absolute atomic E-state index is 2.35. The molecule has 0 aliphatic carbocycles. The van der Waals surface area contributed by atoms with Gasteiger partial charge >= 0.3 is 0 Å². The van der Waals surface area contributed by atoms with E-state index in [1.807, 2.05) is 0 Å². The molecule has 1 rings (SSSR count). The van der Waals surface area contributed by atoms with E-state index in [2.05, 4.69) is 38.6 Å². The molecule has 1 atom stereocenters. The van der Waals surface area contributed by atoms with Crippen LogP contribution in [0.15, 0.2) is 0 Å². The molecule has 0 N–H and O–H groups in total. The molecule has 1 unspecified atom stereocenters. The lowest BCUT2D eigenvalue weighted by Gasteiger charge is -2.30. The zero-order chi connectivity index (χ0) is 7.78. The smallest absolute Gasteiger partial charge is 0.158 e. The van der Waals surface area contributed by atoms with Crippen LogP contribution in [-0.4, -0.2) is 23.4 Å². The van der Waals surface area contributed by atoms with Gasteiger partial charge in [0.1, 0.15) is 13.3 Å². The third-order valence-corrected chi connectivity index (χ3v) is 3.12. The van der Waals surface area contributed by atoms with Crippen LogP contribution in [0.2, 0.25) is 0 Å². The van der Waals surface area contributed by atoms with Gasteiger partial charge in [-0.2, -0.15) is 0 Å². The highest BCUT2D eigenvalue weighted by Gasteiger charge is 2.36. The summed E-state index contributed by atoms with van der Waals surface area (Å²) < 4.78 is 2.35. The minimum absolute atomic E-state index is 0. The molecule has 1 aliphatic rings. The largest absolute Gasteiger partial charge is 1.00 e. The van der Waals surface area contributed by atoms with Crippen LogP contribution in [0.4, 0.5) is 0 Å². The molecule has 0 saturated heterocycles. The van der Waals surface area contributed by atoms with Gasteiger partial charge in [-0.1, -0.05) is 6.92 Å². The Labute approximate surface area is 75.9 Å². The summed E-state index contributed by atoms with van der Waals surface area (Å²) >= 11 is 0. The van der Waals surface area contributed by atoms with E-state index in [4.69, 9.17) is 0 Å². The van der Waals surface area contributed by atoms with E-state index < -0.39 is 0 Å². The Balaban J connectivity index is 0.000001000. The van der Waals surface area contributed by atoms with Crippen LogP contribution in [0, 0.1) is 5.92 Å². The second kappa shape index (κ2) is 3.57. The van der Waals surface area contributed by atoms with E-state index in [1.165, 1.54) is 12.8 Å². The second-order valence-electron chi connectivity index (χ2n) is 3.93. The molecule has 1 nitrogen and oxygen atoms in total. The Morgan fingerprint density at radius 3 is 2.36 bits per heavy atom. The van der Waals surface area contributed by atoms with Crippen LogP contribution in [0.5, 0.6) is 0 Å². The van der Waals surface area contributed by atoms with Gasteiger partial charge in [0.15, 0.2) is 5.54 Å². The van der Waals surface area contributed by atoms with Gasteiger partial charge in [-0.25, -0.2) is 4.58 Å². The van der Waals surface area contributed by atoms with Crippen LogP contribution in [0.1, 0.15) is 33.6 Å². The maximum Gasteiger partial charge on any atom is 0.158 e. The van der Waals surface area contributed by atoms with Crippen molar-refractivity contribution in [1.82, 2.24) is 0 Å². The molecule has 0 aromatic rings. The molecule has 0 aromatic heterocycles. The number of rotatable bonds is 0. The molecule has 66 valence electrons. The number of nitrogens with zero attached hydrogens (tertiary/aromatic N) is 1. The molecule has 0 spiro atoms. The summed E-state index contributed by atoms with van der Waals surface area (Å²) in [6.45, 7) is 6.96. The van der Waals surface area contributed by atoms with Gasteiger partial charge in [0.05, 0.1) is 0 Å². The van der Waals surface area contributed by atoms with Crippen molar-refractivity contribution in [2.75, 3.05) is 7.05 Å². The van der Waals surface area contributed by atoms with Crippen molar-refractivity contribution in [3.8, 4) is 0 Å². The Hall–Kier alpha value is -0.0400. The van der Waals surface area contributed by atoms with E-state index in [0.29, 0.717) is 5.54 Å². The van der Waals surface area contributed by atoms with Crippen molar-refractivity contribution in [3.05, 3.63) is 0 Å². The summed E-state index contributed by atoms with van der Waals surface area (Å²) in [7, 11) is 2.18. The van der Waals surface area contributed by atoms with Crippen LogP contribution < -0.4 is 12.4 Å². The molecule has 0 radical (unpaired) electrons. The summed E-state index contributed by atoms with van der Waals surface area (Å²) in [6.07, 6.45) is 4.90. The third kappa shape index (κ3) is 1.96. The van der Waals surface area contributed by atoms with Gasteiger partial charge in [-0.3, -0.25) is 0 Å². The van der Waals surface area contributed by atoms with Crippen molar-refractivity contribution in [2.24, 2.45) is 5.92 Å². The number of hydrogen-bond acceptors (Lipinski definition) is 0. The minimum atomic E-state index is 0. The van der Waals surface area contributed by atoms with Gasteiger partial charge in [0.25, 0.3) is 0 Å². The predicted molar refractivity (Wildman–Crippen MR) is 44.7 cm³/mol. The molecule has 0 saturated carbocycles. The predicted octanol–water partition coefficient (Wildman–Crippen LogP) is -1.09. The summed E-state index contributed by atoms with van der Waals surface area (Å²) in [6, 6.07) is 0. The molecule has 0 bridgehead atoms. The maximum atomic E-state index is 2.35. The van der Waals surface area contributed by atoms with Gasteiger partial charge in [-0.15, -0.1) is 0 Å². The highest BCUT2D eigenvalue weighted by Crippen LogP contribution is 2.26. The van der Waals surface area contributed by atoms with E-state index in [9.17, 15) is 0 Å². The van der Waals surface area contributed by atoms with Crippen molar-refractivity contribution < 1.29 is 17.0 Å². The van der Waals surface area contributed by atoms with E-state index in [0.717, 1.165) is 5.92 Å². The molecule has 0 amide bonds. The topological polar surface area (TPSA) is 3.01 Å². The molecule has 1 aliphatic heterocycles. The lowest BCUT2D eigenvalue weighted by atomic mass is 9.83. The standard InChI is InChI=1S/C9H18N.ClH/c1-8-6-5-7-10(4)9(8,2)3;/h7-8H,5-6H2,1-4H3;1H/q+1;/p-1. The first kappa shape index (κ1) is 11.0. The van der Waals surface area contributed by atoms with Crippen molar-refractivity contribution in [1.29, 1.82) is 0 Å². The van der Waals surface area contributed by atoms with Gasteiger partial charge < -0.3 is 12.4 Å². The first-order valence-electron chi connectivity index (χ1n) is 4.11. The Morgan fingerprint density at radius 2 is 2.00 bits per heavy atom. The fourth-order valence-corrected chi connectivity index (χ4v) is 1.45. The van der Waals surface area contributed by atoms with Crippen LogP contribution in [-0.2, 0) is 0 Å². The molecular formula is C9H18ClN. The molecular weight excluding hydrogens is 158 g/mol. The highest BCUT2D eigenvalue weighted by molar-refractivity contribution is 5.52. The van der Waals surface area contributed by atoms with Crippen molar-refractivity contribution >= 4 is 6.21 Å². The molecule has 0 fully saturated rings. The fourth-order valence-electron chi connectivity index (χ4n) is 1.45. The zero-order valence-electron chi connectivity index (χ0n) is 7.89. The average Bonchev–Trinajstić information content (AvgIpc) is 1.84. The summed E-state index contributed by atoms with van der Waals surface area (Å²) in [5, 5.41) is 0. The van der Waals surface area contributed by atoms with E-state index in [1.54, 1.807) is 0 Å². The number of hydrogen-bond donors (Lipinski definition) is 0. The summed E-state index contributed by atoms with van der Waals surface area (Å²) in [5.41, 5.74) is 0.373. The Bertz CT molecular complexity index is 161. The second-order valence-corrected chi connectivity index (χ2v) is 3.93. The van der Waals surface area contributed by atoms with E-state index >= 15 is 0 Å².